The van der Waals surface area contributed by atoms with Crippen molar-refractivity contribution in [2.75, 3.05) is 22.9 Å². The topological polar surface area (TPSA) is 66.4 Å². The molecule has 6 heteroatoms. The fraction of sp³-hybridized carbons (Fsp3) is 0.167. The molecule has 0 spiro atoms. The lowest BCUT2D eigenvalue weighted by Crippen LogP contribution is -2.27. The summed E-state index contributed by atoms with van der Waals surface area (Å²) in [5.74, 6) is 0.255. The number of benzene rings is 3. The van der Waals surface area contributed by atoms with Crippen LogP contribution in [0.25, 0.3) is 44.8 Å². The quantitative estimate of drug-likeness (QED) is 0.221. The Morgan fingerprint density at radius 3 is 1.24 bits per heavy atom. The summed E-state index contributed by atoms with van der Waals surface area (Å²) < 4.78 is 0. The summed E-state index contributed by atoms with van der Waals surface area (Å²) in [6.07, 6.45) is 6.33. The highest BCUT2D eigenvalue weighted by molar-refractivity contribution is 6.05. The SMILES string of the molecule is O=C1CCCN1c1cc(-c2ccc(-c3ccccn3)cc2)c(N2CCCC2=O)cc1-c1ccc(-c2ccccn2)cc1. The Hall–Kier alpha value is -5.10. The van der Waals surface area contributed by atoms with Crippen LogP contribution in [0.4, 0.5) is 11.4 Å². The first kappa shape index (κ1) is 25.8. The Bertz CT molecular complexity index is 1620. The van der Waals surface area contributed by atoms with Gasteiger partial charge in [0.1, 0.15) is 0 Å². The molecule has 2 aliphatic heterocycles. The van der Waals surface area contributed by atoms with Crippen LogP contribution >= 0.6 is 0 Å². The van der Waals surface area contributed by atoms with E-state index in [0.29, 0.717) is 25.9 Å². The molecule has 0 aliphatic carbocycles. The Labute approximate surface area is 245 Å². The summed E-state index contributed by atoms with van der Waals surface area (Å²) in [6, 6.07) is 32.6. The second-order valence-electron chi connectivity index (χ2n) is 10.8. The minimum atomic E-state index is 0.128. The van der Waals surface area contributed by atoms with E-state index in [4.69, 9.17) is 0 Å². The van der Waals surface area contributed by atoms with Gasteiger partial charge in [-0.2, -0.15) is 0 Å². The van der Waals surface area contributed by atoms with Gasteiger partial charge in [-0.15, -0.1) is 0 Å². The summed E-state index contributed by atoms with van der Waals surface area (Å²) in [5.41, 5.74) is 9.50. The van der Waals surface area contributed by atoms with E-state index in [2.05, 4.69) is 70.6 Å². The van der Waals surface area contributed by atoms with Crippen LogP contribution in [0.3, 0.4) is 0 Å². The summed E-state index contributed by atoms with van der Waals surface area (Å²) in [7, 11) is 0. The molecule has 42 heavy (non-hydrogen) atoms. The minimum absolute atomic E-state index is 0.128. The van der Waals surface area contributed by atoms with Gasteiger partial charge in [0.15, 0.2) is 0 Å². The molecule has 2 amide bonds. The molecule has 4 heterocycles. The Kier molecular flexibility index (Phi) is 6.80. The van der Waals surface area contributed by atoms with Gasteiger partial charge >= 0.3 is 0 Å². The maximum Gasteiger partial charge on any atom is 0.227 e. The summed E-state index contributed by atoms with van der Waals surface area (Å²) in [4.78, 5) is 39.0. The van der Waals surface area contributed by atoms with Gasteiger partial charge in [0.05, 0.1) is 22.8 Å². The lowest BCUT2D eigenvalue weighted by Gasteiger charge is -2.27. The van der Waals surface area contributed by atoms with Crippen molar-refractivity contribution in [3.63, 3.8) is 0 Å². The van der Waals surface area contributed by atoms with Crippen LogP contribution in [-0.4, -0.2) is 34.9 Å². The van der Waals surface area contributed by atoms with E-state index < -0.39 is 0 Å². The summed E-state index contributed by atoms with van der Waals surface area (Å²) in [6.45, 7) is 1.36. The van der Waals surface area contributed by atoms with Crippen molar-refractivity contribution in [3.05, 3.63) is 109 Å². The van der Waals surface area contributed by atoms with Gasteiger partial charge in [0.25, 0.3) is 0 Å². The number of carbonyl (C=O) groups is 2. The molecule has 0 radical (unpaired) electrons. The summed E-state index contributed by atoms with van der Waals surface area (Å²) >= 11 is 0. The first-order valence-electron chi connectivity index (χ1n) is 14.5. The number of pyridine rings is 2. The zero-order chi connectivity index (χ0) is 28.5. The van der Waals surface area contributed by atoms with Crippen LogP contribution < -0.4 is 9.80 Å². The van der Waals surface area contributed by atoms with Crippen molar-refractivity contribution < 1.29 is 9.59 Å². The molecule has 5 aromatic rings. The maximum absolute atomic E-state index is 13.1. The Morgan fingerprint density at radius 2 is 0.905 bits per heavy atom. The van der Waals surface area contributed by atoms with Crippen LogP contribution in [0.5, 0.6) is 0 Å². The third-order valence-electron chi connectivity index (χ3n) is 8.16. The molecule has 3 aromatic carbocycles. The normalized spacial score (nSPS) is 15.0. The maximum atomic E-state index is 13.1. The molecular weight excluding hydrogens is 520 g/mol. The number of amides is 2. The monoisotopic (exact) mass is 550 g/mol. The Balaban J connectivity index is 1.38. The van der Waals surface area contributed by atoms with Gasteiger partial charge < -0.3 is 9.80 Å². The predicted molar refractivity (Wildman–Crippen MR) is 167 cm³/mol. The van der Waals surface area contributed by atoms with Crippen LogP contribution in [0, 0.1) is 0 Å². The number of carbonyl (C=O) groups excluding carboxylic acids is 2. The predicted octanol–water partition coefficient (Wildman–Crippen LogP) is 7.40. The molecule has 6 nitrogen and oxygen atoms in total. The van der Waals surface area contributed by atoms with Crippen molar-refractivity contribution in [2.24, 2.45) is 0 Å². The van der Waals surface area contributed by atoms with Gasteiger partial charge in [0, 0.05) is 60.6 Å². The van der Waals surface area contributed by atoms with Crippen molar-refractivity contribution in [2.45, 2.75) is 25.7 Å². The van der Waals surface area contributed by atoms with Crippen molar-refractivity contribution >= 4 is 23.2 Å². The third-order valence-corrected chi connectivity index (χ3v) is 8.16. The number of rotatable bonds is 6. The molecule has 0 unspecified atom stereocenters. The minimum Gasteiger partial charge on any atom is -0.312 e. The van der Waals surface area contributed by atoms with Crippen molar-refractivity contribution in [1.29, 1.82) is 0 Å². The van der Waals surface area contributed by atoms with E-state index in [1.165, 1.54) is 0 Å². The fourth-order valence-electron chi connectivity index (χ4n) is 6.00. The van der Waals surface area contributed by atoms with E-state index >= 15 is 0 Å². The zero-order valence-electron chi connectivity index (χ0n) is 23.2. The number of hydrogen-bond acceptors (Lipinski definition) is 4. The van der Waals surface area contributed by atoms with E-state index in [0.717, 1.165) is 69.0 Å². The van der Waals surface area contributed by atoms with E-state index in [1.54, 1.807) is 12.4 Å². The molecule has 206 valence electrons. The molecule has 2 aliphatic rings. The highest BCUT2D eigenvalue weighted by atomic mass is 16.2. The number of aromatic nitrogens is 2. The molecule has 0 saturated carbocycles. The van der Waals surface area contributed by atoms with Crippen molar-refractivity contribution in [3.8, 4) is 44.8 Å². The number of anilines is 2. The molecule has 7 rings (SSSR count). The number of nitrogens with zero attached hydrogens (tertiary/aromatic N) is 4. The zero-order valence-corrected chi connectivity index (χ0v) is 23.2. The third kappa shape index (κ3) is 4.85. The highest BCUT2D eigenvalue weighted by Gasteiger charge is 2.30. The standard InChI is InChI=1S/C36H30N4O2/c41-35-9-5-21-39(35)33-24-30(26-13-17-28(18-14-26)32-8-2-4-20-38-32)34(40-22-6-10-36(40)42)23-29(33)25-11-15-27(16-12-25)31-7-1-3-19-37-31/h1-4,7-8,11-20,23-24H,5-6,9-10,21-22H2. The summed E-state index contributed by atoms with van der Waals surface area (Å²) in [5, 5.41) is 0. The highest BCUT2D eigenvalue weighted by Crippen LogP contribution is 2.44. The van der Waals surface area contributed by atoms with Crippen LogP contribution in [0.1, 0.15) is 25.7 Å². The number of hydrogen-bond donors (Lipinski definition) is 0. The molecule has 2 fully saturated rings. The molecule has 0 N–H and O–H groups in total. The molecule has 0 bridgehead atoms. The lowest BCUT2D eigenvalue weighted by atomic mass is 9.93. The van der Waals surface area contributed by atoms with Gasteiger partial charge in [-0.25, -0.2) is 0 Å². The van der Waals surface area contributed by atoms with Crippen LogP contribution in [0.2, 0.25) is 0 Å². The van der Waals surface area contributed by atoms with E-state index in [9.17, 15) is 9.59 Å². The first-order valence-corrected chi connectivity index (χ1v) is 14.5. The molecule has 2 aromatic heterocycles. The van der Waals surface area contributed by atoms with Gasteiger partial charge in [-0.1, -0.05) is 60.7 Å². The largest absolute Gasteiger partial charge is 0.312 e. The average molecular weight is 551 g/mol. The second kappa shape index (κ2) is 11.1. The van der Waals surface area contributed by atoms with Crippen LogP contribution in [0.15, 0.2) is 109 Å². The molecular formula is C36H30N4O2. The fourth-order valence-corrected chi connectivity index (χ4v) is 6.00. The van der Waals surface area contributed by atoms with Crippen LogP contribution in [-0.2, 0) is 9.59 Å². The van der Waals surface area contributed by atoms with E-state index in [-0.39, 0.29) is 11.8 Å². The first-order chi connectivity index (χ1) is 20.7. The van der Waals surface area contributed by atoms with Gasteiger partial charge in [-0.05, 0) is 60.4 Å². The molecule has 2 saturated heterocycles. The Morgan fingerprint density at radius 1 is 0.500 bits per heavy atom. The average Bonchev–Trinajstić information content (AvgIpc) is 3.69. The van der Waals surface area contributed by atoms with Gasteiger partial charge in [-0.3, -0.25) is 19.6 Å². The second-order valence-corrected chi connectivity index (χ2v) is 10.8. The smallest absolute Gasteiger partial charge is 0.227 e. The van der Waals surface area contributed by atoms with E-state index in [1.807, 2.05) is 46.2 Å². The van der Waals surface area contributed by atoms with Gasteiger partial charge in [0.2, 0.25) is 11.8 Å². The molecule has 0 atom stereocenters. The lowest BCUT2D eigenvalue weighted by molar-refractivity contribution is -0.117. The van der Waals surface area contributed by atoms with Crippen molar-refractivity contribution in [1.82, 2.24) is 9.97 Å².